The summed E-state index contributed by atoms with van der Waals surface area (Å²) in [6, 6.07) is 1.56. The molecule has 10 heteroatoms. The van der Waals surface area contributed by atoms with Crippen LogP contribution in [0, 0.1) is 6.92 Å². The van der Waals surface area contributed by atoms with E-state index in [9.17, 15) is 4.79 Å². The zero-order valence-electron chi connectivity index (χ0n) is 14.2. The number of aryl methyl sites for hydroxylation is 2. The van der Waals surface area contributed by atoms with Gasteiger partial charge in [0.05, 0.1) is 6.54 Å². The van der Waals surface area contributed by atoms with Crippen molar-refractivity contribution in [2.24, 2.45) is 0 Å². The van der Waals surface area contributed by atoms with Crippen LogP contribution < -0.4 is 10.5 Å². The van der Waals surface area contributed by atoms with E-state index in [4.69, 9.17) is 4.52 Å². The number of anilines is 1. The SMILES string of the molecule is CCc1cc(=O)n2nc(N3CCN(Cc4noc(C)n4)CC3)sc2n1. The highest BCUT2D eigenvalue weighted by molar-refractivity contribution is 7.20. The van der Waals surface area contributed by atoms with E-state index in [0.717, 1.165) is 43.4 Å². The Morgan fingerprint density at radius 1 is 1.24 bits per heavy atom. The van der Waals surface area contributed by atoms with Crippen LogP contribution in [0.25, 0.3) is 4.96 Å². The third-order valence-electron chi connectivity index (χ3n) is 4.23. The van der Waals surface area contributed by atoms with E-state index in [0.29, 0.717) is 23.2 Å². The number of aromatic nitrogens is 5. The highest BCUT2D eigenvalue weighted by atomic mass is 32.1. The minimum atomic E-state index is -0.115. The van der Waals surface area contributed by atoms with Crippen LogP contribution in [-0.2, 0) is 13.0 Å². The van der Waals surface area contributed by atoms with Gasteiger partial charge in [0.1, 0.15) is 0 Å². The predicted octanol–water partition coefficient (Wildman–Crippen LogP) is 0.727. The average Bonchev–Trinajstić information content (AvgIpc) is 3.22. The molecule has 0 bridgehead atoms. The summed E-state index contributed by atoms with van der Waals surface area (Å²) in [5.74, 6) is 1.31. The van der Waals surface area contributed by atoms with Crippen LogP contribution in [-0.4, -0.2) is 55.8 Å². The molecule has 0 atom stereocenters. The molecule has 0 spiro atoms. The fourth-order valence-corrected chi connectivity index (χ4v) is 3.84. The summed E-state index contributed by atoms with van der Waals surface area (Å²) < 4.78 is 6.41. The second kappa shape index (κ2) is 6.52. The molecule has 3 aromatic rings. The number of hydrogen-bond acceptors (Lipinski definition) is 9. The van der Waals surface area contributed by atoms with Gasteiger partial charge in [0, 0.05) is 44.9 Å². The van der Waals surface area contributed by atoms with Gasteiger partial charge in [-0.15, -0.1) is 5.10 Å². The second-order valence-corrected chi connectivity index (χ2v) is 6.95. The van der Waals surface area contributed by atoms with Crippen molar-refractivity contribution in [1.29, 1.82) is 0 Å². The normalized spacial score (nSPS) is 16.0. The first-order valence-corrected chi connectivity index (χ1v) is 9.10. The maximum absolute atomic E-state index is 12.1. The van der Waals surface area contributed by atoms with E-state index < -0.39 is 0 Å². The highest BCUT2D eigenvalue weighted by Gasteiger charge is 2.22. The smallest absolute Gasteiger partial charge is 0.275 e. The molecule has 4 heterocycles. The van der Waals surface area contributed by atoms with Crippen LogP contribution in [0.15, 0.2) is 15.4 Å². The van der Waals surface area contributed by atoms with Gasteiger partial charge in [-0.1, -0.05) is 23.4 Å². The lowest BCUT2D eigenvalue weighted by Crippen LogP contribution is -2.46. The Balaban J connectivity index is 1.46. The molecule has 4 rings (SSSR count). The number of hydrogen-bond donors (Lipinski definition) is 0. The van der Waals surface area contributed by atoms with Crippen molar-refractivity contribution in [2.75, 3.05) is 31.1 Å². The van der Waals surface area contributed by atoms with Gasteiger partial charge in [0.15, 0.2) is 5.82 Å². The van der Waals surface area contributed by atoms with Crippen LogP contribution in [0.4, 0.5) is 5.13 Å². The number of rotatable bonds is 4. The third kappa shape index (κ3) is 3.27. The van der Waals surface area contributed by atoms with Crippen LogP contribution >= 0.6 is 11.3 Å². The molecule has 3 aromatic heterocycles. The fraction of sp³-hybridized carbons (Fsp3) is 0.533. The number of piperazine rings is 1. The maximum Gasteiger partial charge on any atom is 0.275 e. The molecule has 1 fully saturated rings. The van der Waals surface area contributed by atoms with E-state index in [1.165, 1.54) is 15.9 Å². The van der Waals surface area contributed by atoms with Crippen molar-refractivity contribution in [1.82, 2.24) is 29.6 Å². The van der Waals surface area contributed by atoms with Crippen molar-refractivity contribution in [3.05, 3.63) is 33.8 Å². The zero-order chi connectivity index (χ0) is 17.4. The second-order valence-electron chi connectivity index (χ2n) is 6.01. The summed E-state index contributed by atoms with van der Waals surface area (Å²) in [7, 11) is 0. The first kappa shape index (κ1) is 16.2. The minimum Gasteiger partial charge on any atom is -0.344 e. The maximum atomic E-state index is 12.1. The molecule has 1 aliphatic heterocycles. The molecule has 0 aliphatic carbocycles. The molecule has 0 radical (unpaired) electrons. The number of fused-ring (bicyclic) bond motifs is 1. The van der Waals surface area contributed by atoms with E-state index in [1.54, 1.807) is 13.0 Å². The first-order valence-electron chi connectivity index (χ1n) is 8.28. The standard InChI is InChI=1S/C15H19N7O2S/c1-3-11-8-13(23)22-14(17-11)25-15(18-22)21-6-4-20(5-7-21)9-12-16-10(2)24-19-12/h8H,3-7,9H2,1-2H3. The van der Waals surface area contributed by atoms with E-state index in [1.807, 2.05) is 6.92 Å². The van der Waals surface area contributed by atoms with Crippen LogP contribution in [0.5, 0.6) is 0 Å². The summed E-state index contributed by atoms with van der Waals surface area (Å²) in [5.41, 5.74) is 0.691. The number of nitrogens with zero attached hydrogens (tertiary/aromatic N) is 7. The zero-order valence-corrected chi connectivity index (χ0v) is 15.0. The largest absolute Gasteiger partial charge is 0.344 e. The highest BCUT2D eigenvalue weighted by Crippen LogP contribution is 2.23. The van der Waals surface area contributed by atoms with Crippen molar-refractivity contribution in [3.8, 4) is 0 Å². The van der Waals surface area contributed by atoms with Crippen molar-refractivity contribution in [2.45, 2.75) is 26.8 Å². The van der Waals surface area contributed by atoms with Gasteiger partial charge in [-0.2, -0.15) is 9.50 Å². The molecule has 0 unspecified atom stereocenters. The molecular formula is C15H19N7O2S. The topological polar surface area (TPSA) is 92.7 Å². The lowest BCUT2D eigenvalue weighted by atomic mass is 10.3. The summed E-state index contributed by atoms with van der Waals surface area (Å²) in [5, 5.41) is 9.24. The summed E-state index contributed by atoms with van der Waals surface area (Å²) in [6.45, 7) is 7.91. The van der Waals surface area contributed by atoms with Crippen molar-refractivity contribution >= 4 is 21.4 Å². The molecule has 0 saturated carbocycles. The summed E-state index contributed by atoms with van der Waals surface area (Å²) in [6.07, 6.45) is 0.743. The molecular weight excluding hydrogens is 342 g/mol. The Bertz CT molecular complexity index is 939. The summed E-state index contributed by atoms with van der Waals surface area (Å²) in [4.78, 5) is 26.0. The monoisotopic (exact) mass is 361 g/mol. The van der Waals surface area contributed by atoms with E-state index >= 15 is 0 Å². The molecule has 9 nitrogen and oxygen atoms in total. The molecule has 132 valence electrons. The summed E-state index contributed by atoms with van der Waals surface area (Å²) >= 11 is 1.46. The lowest BCUT2D eigenvalue weighted by molar-refractivity contribution is 0.240. The third-order valence-corrected chi connectivity index (χ3v) is 5.20. The lowest BCUT2D eigenvalue weighted by Gasteiger charge is -2.33. The average molecular weight is 361 g/mol. The molecule has 0 amide bonds. The van der Waals surface area contributed by atoms with Crippen molar-refractivity contribution in [3.63, 3.8) is 0 Å². The Morgan fingerprint density at radius 3 is 2.72 bits per heavy atom. The first-order chi connectivity index (χ1) is 12.1. The fourth-order valence-electron chi connectivity index (χ4n) is 2.86. The molecule has 1 saturated heterocycles. The Morgan fingerprint density at radius 2 is 2.04 bits per heavy atom. The van der Waals surface area contributed by atoms with Gasteiger partial charge >= 0.3 is 0 Å². The molecule has 1 aliphatic rings. The Labute approximate surface area is 147 Å². The predicted molar refractivity (Wildman–Crippen MR) is 93.0 cm³/mol. The van der Waals surface area contributed by atoms with Gasteiger partial charge in [-0.3, -0.25) is 9.69 Å². The molecule has 25 heavy (non-hydrogen) atoms. The molecule has 0 N–H and O–H groups in total. The van der Waals surface area contributed by atoms with Crippen LogP contribution in [0.1, 0.15) is 24.3 Å². The van der Waals surface area contributed by atoms with Gasteiger partial charge in [-0.25, -0.2) is 4.98 Å². The molecule has 0 aromatic carbocycles. The van der Waals surface area contributed by atoms with Gasteiger partial charge < -0.3 is 9.42 Å². The quantitative estimate of drug-likeness (QED) is 0.671. The van der Waals surface area contributed by atoms with Crippen LogP contribution in [0.2, 0.25) is 0 Å². The van der Waals surface area contributed by atoms with E-state index in [-0.39, 0.29) is 5.56 Å². The van der Waals surface area contributed by atoms with Gasteiger partial charge in [0.25, 0.3) is 5.56 Å². The Hall–Kier alpha value is -2.33. The minimum absolute atomic E-state index is 0.115. The van der Waals surface area contributed by atoms with Gasteiger partial charge in [0.2, 0.25) is 16.0 Å². The van der Waals surface area contributed by atoms with Crippen LogP contribution in [0.3, 0.4) is 0 Å². The van der Waals surface area contributed by atoms with Gasteiger partial charge in [-0.05, 0) is 6.42 Å². The van der Waals surface area contributed by atoms with Crippen molar-refractivity contribution < 1.29 is 4.52 Å². The van der Waals surface area contributed by atoms with E-state index in [2.05, 4.69) is 30.0 Å². The Kier molecular flexibility index (Phi) is 4.22.